The zero-order valence-electron chi connectivity index (χ0n) is 11.3. The summed E-state index contributed by atoms with van der Waals surface area (Å²) in [7, 11) is 1.90. The Bertz CT molecular complexity index is 458. The third kappa shape index (κ3) is 3.21. The van der Waals surface area contributed by atoms with Gasteiger partial charge < -0.3 is 20.7 Å². The molecule has 1 saturated heterocycles. The number of nitrogens with one attached hydrogen (secondary N) is 1. The summed E-state index contributed by atoms with van der Waals surface area (Å²) in [6.45, 7) is 4.93. The van der Waals surface area contributed by atoms with Gasteiger partial charge in [-0.25, -0.2) is 4.98 Å². The number of amides is 1. The molecule has 0 spiro atoms. The highest BCUT2D eigenvalue weighted by molar-refractivity contribution is 5.99. The van der Waals surface area contributed by atoms with Crippen molar-refractivity contribution in [3.8, 4) is 0 Å². The number of primary amides is 1. The van der Waals surface area contributed by atoms with E-state index in [4.69, 9.17) is 10.5 Å². The van der Waals surface area contributed by atoms with E-state index < -0.39 is 5.91 Å². The van der Waals surface area contributed by atoms with Crippen LogP contribution in [0.15, 0.2) is 12.3 Å². The van der Waals surface area contributed by atoms with Crippen molar-refractivity contribution in [2.24, 2.45) is 5.73 Å². The van der Waals surface area contributed by atoms with Gasteiger partial charge in [-0.1, -0.05) is 0 Å². The number of aromatic nitrogens is 1. The van der Waals surface area contributed by atoms with Crippen molar-refractivity contribution >= 4 is 11.7 Å². The van der Waals surface area contributed by atoms with Crippen LogP contribution >= 0.6 is 0 Å². The lowest BCUT2D eigenvalue weighted by Crippen LogP contribution is -2.45. The summed E-state index contributed by atoms with van der Waals surface area (Å²) in [5.41, 5.74) is 6.76. The summed E-state index contributed by atoms with van der Waals surface area (Å²) in [5, 5.41) is 3.28. The van der Waals surface area contributed by atoms with E-state index in [1.54, 1.807) is 12.3 Å². The zero-order valence-corrected chi connectivity index (χ0v) is 11.3. The summed E-state index contributed by atoms with van der Waals surface area (Å²) in [6, 6.07) is 1.79. The van der Waals surface area contributed by atoms with Gasteiger partial charge in [0.25, 0.3) is 5.91 Å². The van der Waals surface area contributed by atoms with Gasteiger partial charge in [-0.15, -0.1) is 0 Å². The van der Waals surface area contributed by atoms with Crippen LogP contribution in [0.1, 0.15) is 15.9 Å². The third-order valence-electron chi connectivity index (χ3n) is 3.23. The van der Waals surface area contributed by atoms with Crippen molar-refractivity contribution in [1.82, 2.24) is 10.3 Å². The Morgan fingerprint density at radius 1 is 1.68 bits per heavy atom. The van der Waals surface area contributed by atoms with Crippen LogP contribution in [0.25, 0.3) is 0 Å². The predicted octanol–water partition coefficient (Wildman–Crippen LogP) is -0.0865. The van der Waals surface area contributed by atoms with Gasteiger partial charge >= 0.3 is 0 Å². The molecule has 19 heavy (non-hydrogen) atoms. The molecule has 1 aliphatic rings. The molecule has 1 unspecified atom stereocenters. The first kappa shape index (κ1) is 13.8. The van der Waals surface area contributed by atoms with Gasteiger partial charge in [0.2, 0.25) is 0 Å². The molecule has 104 valence electrons. The fourth-order valence-electron chi connectivity index (χ4n) is 2.27. The van der Waals surface area contributed by atoms with Crippen molar-refractivity contribution in [2.45, 2.75) is 13.0 Å². The van der Waals surface area contributed by atoms with E-state index >= 15 is 0 Å². The van der Waals surface area contributed by atoms with E-state index in [0.717, 1.165) is 18.7 Å². The summed E-state index contributed by atoms with van der Waals surface area (Å²) in [4.78, 5) is 17.7. The molecule has 1 aromatic rings. The molecule has 0 bridgehead atoms. The Morgan fingerprint density at radius 3 is 3.11 bits per heavy atom. The Labute approximate surface area is 112 Å². The molecule has 6 heteroatoms. The number of carbonyl (C=O) groups is 1. The number of likely N-dealkylation sites (N-methyl/N-ethyl adjacent to an activating group) is 1. The molecule has 3 N–H and O–H groups in total. The molecule has 2 rings (SSSR count). The number of aryl methyl sites for hydroxylation is 1. The Kier molecular flexibility index (Phi) is 4.34. The van der Waals surface area contributed by atoms with Gasteiger partial charge in [-0.3, -0.25) is 4.79 Å². The van der Waals surface area contributed by atoms with Crippen molar-refractivity contribution in [3.63, 3.8) is 0 Å². The van der Waals surface area contributed by atoms with Crippen LogP contribution in [0.5, 0.6) is 0 Å². The van der Waals surface area contributed by atoms with E-state index in [0.29, 0.717) is 24.5 Å². The standard InChI is InChI=1S/C13H20N4O2/c1-9-3-4-16-13(11(9)12(14)18)17(2)8-10-7-15-5-6-19-10/h3-4,10,15H,5-8H2,1-2H3,(H2,14,18). The van der Waals surface area contributed by atoms with Gasteiger partial charge in [0.15, 0.2) is 0 Å². The molecule has 2 heterocycles. The maximum absolute atomic E-state index is 11.6. The van der Waals surface area contributed by atoms with Gasteiger partial charge in [0, 0.05) is 32.9 Å². The van der Waals surface area contributed by atoms with Crippen molar-refractivity contribution < 1.29 is 9.53 Å². The number of hydrogen-bond acceptors (Lipinski definition) is 5. The maximum atomic E-state index is 11.6. The molecule has 0 aromatic carbocycles. The van der Waals surface area contributed by atoms with Crippen LogP contribution in [0, 0.1) is 6.92 Å². The fourth-order valence-corrected chi connectivity index (χ4v) is 2.27. The number of anilines is 1. The molecular weight excluding hydrogens is 244 g/mol. The van der Waals surface area contributed by atoms with Gasteiger partial charge in [0.1, 0.15) is 5.82 Å². The lowest BCUT2D eigenvalue weighted by atomic mass is 10.1. The number of rotatable bonds is 4. The normalized spacial score (nSPS) is 19.2. The van der Waals surface area contributed by atoms with E-state index in [2.05, 4.69) is 10.3 Å². The molecule has 0 radical (unpaired) electrons. The molecule has 1 amide bonds. The third-order valence-corrected chi connectivity index (χ3v) is 3.23. The second-order valence-electron chi connectivity index (χ2n) is 4.77. The predicted molar refractivity (Wildman–Crippen MR) is 73.4 cm³/mol. The maximum Gasteiger partial charge on any atom is 0.252 e. The Morgan fingerprint density at radius 2 is 2.47 bits per heavy atom. The number of carbonyl (C=O) groups excluding carboxylic acids is 1. The van der Waals surface area contributed by atoms with Crippen molar-refractivity contribution in [3.05, 3.63) is 23.4 Å². The summed E-state index contributed by atoms with van der Waals surface area (Å²) in [5.74, 6) is 0.164. The monoisotopic (exact) mass is 264 g/mol. The van der Waals surface area contributed by atoms with Crippen LogP contribution in [-0.4, -0.2) is 50.3 Å². The molecule has 1 fully saturated rings. The van der Waals surface area contributed by atoms with E-state index in [9.17, 15) is 4.79 Å². The minimum atomic E-state index is -0.449. The highest BCUT2D eigenvalue weighted by Gasteiger charge is 2.20. The molecule has 1 atom stereocenters. The molecule has 0 saturated carbocycles. The number of hydrogen-bond donors (Lipinski definition) is 2. The molecular formula is C13H20N4O2. The van der Waals surface area contributed by atoms with Crippen LogP contribution < -0.4 is 16.0 Å². The van der Waals surface area contributed by atoms with E-state index in [1.165, 1.54) is 0 Å². The zero-order chi connectivity index (χ0) is 13.8. The first-order valence-corrected chi connectivity index (χ1v) is 6.38. The van der Waals surface area contributed by atoms with Crippen LogP contribution in [-0.2, 0) is 4.74 Å². The molecule has 1 aromatic heterocycles. The minimum Gasteiger partial charge on any atom is -0.374 e. The van der Waals surface area contributed by atoms with Gasteiger partial charge in [0.05, 0.1) is 18.3 Å². The summed E-state index contributed by atoms with van der Waals surface area (Å²) >= 11 is 0. The smallest absolute Gasteiger partial charge is 0.252 e. The minimum absolute atomic E-state index is 0.0989. The first-order chi connectivity index (χ1) is 9.09. The Balaban J connectivity index is 2.16. The molecule has 0 aliphatic carbocycles. The number of pyridine rings is 1. The van der Waals surface area contributed by atoms with Gasteiger partial charge in [-0.05, 0) is 18.6 Å². The summed E-state index contributed by atoms with van der Waals surface area (Å²) < 4.78 is 5.65. The second-order valence-corrected chi connectivity index (χ2v) is 4.77. The average molecular weight is 264 g/mol. The van der Waals surface area contributed by atoms with E-state index in [-0.39, 0.29) is 6.10 Å². The summed E-state index contributed by atoms with van der Waals surface area (Å²) in [6.07, 6.45) is 1.79. The van der Waals surface area contributed by atoms with E-state index in [1.807, 2.05) is 18.9 Å². The Hall–Kier alpha value is -1.66. The first-order valence-electron chi connectivity index (χ1n) is 6.38. The highest BCUT2D eigenvalue weighted by atomic mass is 16.5. The van der Waals surface area contributed by atoms with Crippen molar-refractivity contribution in [2.75, 3.05) is 38.2 Å². The number of morpholine rings is 1. The SMILES string of the molecule is Cc1ccnc(N(C)CC2CNCCO2)c1C(N)=O. The highest BCUT2D eigenvalue weighted by Crippen LogP contribution is 2.19. The fraction of sp³-hybridized carbons (Fsp3) is 0.538. The molecule has 1 aliphatic heterocycles. The van der Waals surface area contributed by atoms with Crippen LogP contribution in [0.3, 0.4) is 0 Å². The van der Waals surface area contributed by atoms with Crippen LogP contribution in [0.4, 0.5) is 5.82 Å². The topological polar surface area (TPSA) is 80.5 Å². The number of nitrogens with zero attached hydrogens (tertiary/aromatic N) is 2. The number of ether oxygens (including phenoxy) is 1. The largest absolute Gasteiger partial charge is 0.374 e. The second kappa shape index (κ2) is 5.99. The van der Waals surface area contributed by atoms with Crippen molar-refractivity contribution in [1.29, 1.82) is 0 Å². The average Bonchev–Trinajstić information content (AvgIpc) is 2.39. The molecule has 6 nitrogen and oxygen atoms in total. The quantitative estimate of drug-likeness (QED) is 0.794. The van der Waals surface area contributed by atoms with Gasteiger partial charge in [-0.2, -0.15) is 0 Å². The van der Waals surface area contributed by atoms with Crippen LogP contribution in [0.2, 0.25) is 0 Å². The number of nitrogens with two attached hydrogens (primary N) is 1. The lowest BCUT2D eigenvalue weighted by Gasteiger charge is -2.29. The lowest BCUT2D eigenvalue weighted by molar-refractivity contribution is 0.0339.